The molecule has 0 aromatic heterocycles. The molecule has 1 aliphatic carbocycles. The van der Waals surface area contributed by atoms with E-state index < -0.39 is 0 Å². The van der Waals surface area contributed by atoms with Gasteiger partial charge in [-0.3, -0.25) is 0 Å². The van der Waals surface area contributed by atoms with Crippen molar-refractivity contribution in [1.82, 2.24) is 5.32 Å². The van der Waals surface area contributed by atoms with E-state index in [0.717, 1.165) is 23.7 Å². The van der Waals surface area contributed by atoms with E-state index in [9.17, 15) is 0 Å². The summed E-state index contributed by atoms with van der Waals surface area (Å²) in [5.74, 6) is 3.62. The van der Waals surface area contributed by atoms with Crippen LogP contribution in [0.2, 0.25) is 0 Å². The zero-order valence-corrected chi connectivity index (χ0v) is 10.5. The Hall–Kier alpha value is -0.0400. The highest BCUT2D eigenvalue weighted by Crippen LogP contribution is 2.39. The SMILES string of the molecule is CNC(C)C1CC(C)CCC1C(C)C. The van der Waals surface area contributed by atoms with Crippen LogP contribution in [0, 0.1) is 23.7 Å². The van der Waals surface area contributed by atoms with Crippen molar-refractivity contribution in [3.8, 4) is 0 Å². The lowest BCUT2D eigenvalue weighted by Crippen LogP contribution is -2.40. The quantitative estimate of drug-likeness (QED) is 0.732. The molecule has 84 valence electrons. The predicted octanol–water partition coefficient (Wildman–Crippen LogP) is 3.30. The molecule has 0 amide bonds. The molecule has 0 bridgehead atoms. The average molecular weight is 197 g/mol. The van der Waals surface area contributed by atoms with Crippen molar-refractivity contribution in [2.45, 2.75) is 53.0 Å². The van der Waals surface area contributed by atoms with Crippen LogP contribution < -0.4 is 5.32 Å². The summed E-state index contributed by atoms with van der Waals surface area (Å²) in [6, 6.07) is 0.685. The van der Waals surface area contributed by atoms with E-state index in [1.165, 1.54) is 19.3 Å². The largest absolute Gasteiger partial charge is 0.317 e. The highest BCUT2D eigenvalue weighted by molar-refractivity contribution is 4.85. The fraction of sp³-hybridized carbons (Fsp3) is 1.00. The summed E-state index contributed by atoms with van der Waals surface area (Å²) in [7, 11) is 2.10. The monoisotopic (exact) mass is 197 g/mol. The fourth-order valence-electron chi connectivity index (χ4n) is 3.07. The van der Waals surface area contributed by atoms with Crippen LogP contribution in [0.25, 0.3) is 0 Å². The molecule has 0 saturated heterocycles. The molecule has 1 aliphatic rings. The Kier molecular flexibility index (Phi) is 4.43. The number of rotatable bonds is 3. The zero-order chi connectivity index (χ0) is 10.7. The molecular formula is C13H27N. The van der Waals surface area contributed by atoms with Gasteiger partial charge in [0.05, 0.1) is 0 Å². The van der Waals surface area contributed by atoms with Crippen LogP contribution in [0.4, 0.5) is 0 Å². The second-order valence-corrected chi connectivity index (χ2v) is 5.57. The van der Waals surface area contributed by atoms with Crippen molar-refractivity contribution in [3.05, 3.63) is 0 Å². The van der Waals surface area contributed by atoms with Gasteiger partial charge in [0.15, 0.2) is 0 Å². The van der Waals surface area contributed by atoms with E-state index in [-0.39, 0.29) is 0 Å². The molecule has 0 heterocycles. The van der Waals surface area contributed by atoms with Crippen molar-refractivity contribution in [3.63, 3.8) is 0 Å². The highest BCUT2D eigenvalue weighted by atomic mass is 14.9. The van der Waals surface area contributed by atoms with Crippen LogP contribution in [0.5, 0.6) is 0 Å². The molecule has 1 N–H and O–H groups in total. The van der Waals surface area contributed by atoms with Gasteiger partial charge < -0.3 is 5.32 Å². The standard InChI is InChI=1S/C13H27N/c1-9(2)12-7-6-10(3)8-13(12)11(4)14-5/h9-14H,6-8H2,1-5H3. The molecule has 0 spiro atoms. The molecular weight excluding hydrogens is 170 g/mol. The van der Waals surface area contributed by atoms with E-state index in [1.807, 2.05) is 0 Å². The summed E-state index contributed by atoms with van der Waals surface area (Å²) in [5.41, 5.74) is 0. The van der Waals surface area contributed by atoms with Crippen LogP contribution in [0.3, 0.4) is 0 Å². The normalized spacial score (nSPS) is 36.0. The number of hydrogen-bond acceptors (Lipinski definition) is 1. The van der Waals surface area contributed by atoms with Gasteiger partial charge in [0, 0.05) is 6.04 Å². The Balaban J connectivity index is 2.63. The Bertz CT molecular complexity index is 165. The summed E-state index contributed by atoms with van der Waals surface area (Å²) in [5, 5.41) is 3.44. The maximum atomic E-state index is 3.44. The van der Waals surface area contributed by atoms with E-state index in [2.05, 4.69) is 40.1 Å². The Labute approximate surface area is 89.7 Å². The van der Waals surface area contributed by atoms with Gasteiger partial charge in [-0.2, -0.15) is 0 Å². The lowest BCUT2D eigenvalue weighted by atomic mass is 9.67. The van der Waals surface area contributed by atoms with Crippen molar-refractivity contribution < 1.29 is 0 Å². The first-order chi connectivity index (χ1) is 6.56. The molecule has 0 aromatic rings. The van der Waals surface area contributed by atoms with E-state index in [4.69, 9.17) is 0 Å². The van der Waals surface area contributed by atoms with Gasteiger partial charge >= 0.3 is 0 Å². The second kappa shape index (κ2) is 5.16. The van der Waals surface area contributed by atoms with Crippen molar-refractivity contribution in [2.24, 2.45) is 23.7 Å². The van der Waals surface area contributed by atoms with Crippen molar-refractivity contribution in [2.75, 3.05) is 7.05 Å². The topological polar surface area (TPSA) is 12.0 Å². The van der Waals surface area contributed by atoms with Gasteiger partial charge in [0.25, 0.3) is 0 Å². The molecule has 1 heteroatoms. The van der Waals surface area contributed by atoms with E-state index in [0.29, 0.717) is 6.04 Å². The second-order valence-electron chi connectivity index (χ2n) is 5.57. The minimum absolute atomic E-state index is 0.685. The van der Waals surface area contributed by atoms with Gasteiger partial charge in [-0.15, -0.1) is 0 Å². The number of hydrogen-bond donors (Lipinski definition) is 1. The van der Waals surface area contributed by atoms with Gasteiger partial charge in [-0.1, -0.05) is 27.2 Å². The third-order valence-corrected chi connectivity index (χ3v) is 4.17. The molecule has 1 rings (SSSR count). The van der Waals surface area contributed by atoms with Crippen molar-refractivity contribution >= 4 is 0 Å². The summed E-state index contributed by atoms with van der Waals surface area (Å²) in [6.45, 7) is 9.52. The molecule has 1 nitrogen and oxygen atoms in total. The summed E-state index contributed by atoms with van der Waals surface area (Å²) in [6.07, 6.45) is 4.30. The molecule has 4 atom stereocenters. The van der Waals surface area contributed by atoms with Crippen LogP contribution in [0.1, 0.15) is 47.0 Å². The maximum absolute atomic E-state index is 3.44. The lowest BCUT2D eigenvalue weighted by molar-refractivity contribution is 0.116. The zero-order valence-electron chi connectivity index (χ0n) is 10.5. The smallest absolute Gasteiger partial charge is 0.00668 e. The molecule has 0 radical (unpaired) electrons. The average Bonchev–Trinajstić information content (AvgIpc) is 2.16. The van der Waals surface area contributed by atoms with E-state index >= 15 is 0 Å². The summed E-state index contributed by atoms with van der Waals surface area (Å²) in [4.78, 5) is 0. The first-order valence-electron chi connectivity index (χ1n) is 6.23. The van der Waals surface area contributed by atoms with Gasteiger partial charge in [-0.25, -0.2) is 0 Å². The molecule has 0 aliphatic heterocycles. The first-order valence-corrected chi connectivity index (χ1v) is 6.23. The highest BCUT2D eigenvalue weighted by Gasteiger charge is 2.33. The van der Waals surface area contributed by atoms with Gasteiger partial charge in [0.1, 0.15) is 0 Å². The maximum Gasteiger partial charge on any atom is 0.00668 e. The van der Waals surface area contributed by atoms with Gasteiger partial charge in [-0.05, 0) is 50.5 Å². The number of nitrogens with one attached hydrogen (secondary N) is 1. The van der Waals surface area contributed by atoms with Gasteiger partial charge in [0.2, 0.25) is 0 Å². The molecule has 1 saturated carbocycles. The minimum atomic E-state index is 0.685. The molecule has 0 aromatic carbocycles. The predicted molar refractivity (Wildman–Crippen MR) is 63.4 cm³/mol. The Morgan fingerprint density at radius 2 is 1.71 bits per heavy atom. The molecule has 14 heavy (non-hydrogen) atoms. The van der Waals surface area contributed by atoms with Crippen LogP contribution in [-0.2, 0) is 0 Å². The van der Waals surface area contributed by atoms with Crippen LogP contribution in [-0.4, -0.2) is 13.1 Å². The Morgan fingerprint density at radius 3 is 2.21 bits per heavy atom. The summed E-state index contributed by atoms with van der Waals surface area (Å²) < 4.78 is 0. The molecule has 1 fully saturated rings. The molecule has 4 unspecified atom stereocenters. The lowest BCUT2D eigenvalue weighted by Gasteiger charge is -2.40. The van der Waals surface area contributed by atoms with Crippen LogP contribution >= 0.6 is 0 Å². The Morgan fingerprint density at radius 1 is 1.07 bits per heavy atom. The third-order valence-electron chi connectivity index (χ3n) is 4.17. The van der Waals surface area contributed by atoms with Crippen molar-refractivity contribution in [1.29, 1.82) is 0 Å². The third kappa shape index (κ3) is 2.73. The first kappa shape index (κ1) is 12.0. The minimum Gasteiger partial charge on any atom is -0.317 e. The summed E-state index contributed by atoms with van der Waals surface area (Å²) >= 11 is 0. The van der Waals surface area contributed by atoms with Crippen LogP contribution in [0.15, 0.2) is 0 Å². The van der Waals surface area contributed by atoms with E-state index in [1.54, 1.807) is 0 Å². The fourth-order valence-corrected chi connectivity index (χ4v) is 3.07.